The Hall–Kier alpha value is -9.48. The minimum atomic E-state index is -2.02. The number of nitrogens with one attached hydrogen (secondary N) is 11. The number of hydrogen-bond donors (Lipinski definition) is 13. The third-order valence-electron chi connectivity index (χ3n) is 20.4. The number of hydrogen-bond acceptors (Lipinski definition) is 21. The van der Waals surface area contributed by atoms with Gasteiger partial charge in [0.1, 0.15) is 78.6 Å². The number of carbonyl (C=O) groups is 16. The predicted molar refractivity (Wildman–Crippen MR) is 416 cm³/mol. The van der Waals surface area contributed by atoms with E-state index in [4.69, 9.17) is 9.47 Å². The normalized spacial score (nSPS) is 27.6. The van der Waals surface area contributed by atoms with Crippen molar-refractivity contribution < 1.29 is 96.4 Å². The van der Waals surface area contributed by atoms with Crippen LogP contribution in [0.4, 0.5) is 0 Å². The number of aliphatic carboxylic acids is 1. The lowest BCUT2D eigenvalue weighted by Crippen LogP contribution is -2.62. The van der Waals surface area contributed by atoms with Crippen LogP contribution in [0.2, 0.25) is 0 Å². The Kier molecular flexibility index (Phi) is 38.1. The van der Waals surface area contributed by atoms with Crippen LogP contribution >= 0.6 is 21.6 Å². The second kappa shape index (κ2) is 45.9. The zero-order valence-corrected chi connectivity index (χ0v) is 67.5. The molecule has 18 atom stereocenters. The number of esters is 1. The van der Waals surface area contributed by atoms with Crippen LogP contribution in [-0.4, -0.2) is 238 Å². The number of nitrogens with zero attached hydrogens (tertiary/aromatic N) is 2. The van der Waals surface area contributed by atoms with E-state index in [-0.39, 0.29) is 75.5 Å². The van der Waals surface area contributed by atoms with E-state index in [1.807, 2.05) is 20.8 Å². The van der Waals surface area contributed by atoms with E-state index in [0.717, 1.165) is 26.5 Å². The lowest BCUT2D eigenvalue weighted by atomic mass is 9.94. The highest BCUT2D eigenvalue weighted by atomic mass is 33.1. The Labute approximate surface area is 661 Å². The van der Waals surface area contributed by atoms with Gasteiger partial charge in [-0.05, 0) is 81.8 Å². The molecule has 3 aliphatic heterocycles. The molecule has 0 unspecified atom stereocenters. The van der Waals surface area contributed by atoms with Gasteiger partial charge in [0.15, 0.2) is 5.78 Å². The quantitative estimate of drug-likeness (QED) is 0.0498. The van der Waals surface area contributed by atoms with Crippen LogP contribution in [0.1, 0.15) is 151 Å². The molecule has 2 bridgehead atoms. The number of carbonyl (C=O) groups excluding carboxylic acids is 15. The van der Waals surface area contributed by atoms with Crippen molar-refractivity contribution in [1.29, 1.82) is 0 Å². The van der Waals surface area contributed by atoms with Crippen LogP contribution in [0.5, 0.6) is 0 Å². The first kappa shape index (κ1) is 93.1. The fraction of sp³-hybridized carbons (Fsp3) is 0.610. The molecular weight excluding hydrogens is 1490 g/mol. The van der Waals surface area contributed by atoms with Crippen LogP contribution in [0.15, 0.2) is 72.9 Å². The Morgan fingerprint density at radius 2 is 1.18 bits per heavy atom. The van der Waals surface area contributed by atoms with Crippen molar-refractivity contribution in [1.82, 2.24) is 68.3 Å². The van der Waals surface area contributed by atoms with Crippen molar-refractivity contribution in [2.75, 3.05) is 38.8 Å². The van der Waals surface area contributed by atoms with Gasteiger partial charge in [-0.25, -0.2) is 0 Å². The number of Topliss-reactive ketones (excluding diaryl/α,β-unsaturated/α-hetero) is 1. The summed E-state index contributed by atoms with van der Waals surface area (Å²) in [6.07, 6.45) is -4.25. The maximum Gasteiger partial charge on any atom is 0.312 e. The number of amides is 13. The van der Waals surface area contributed by atoms with Crippen LogP contribution < -0.4 is 58.5 Å². The Bertz CT molecular complexity index is 3650. The van der Waals surface area contributed by atoms with Crippen LogP contribution in [-0.2, 0) is 99.0 Å². The van der Waals surface area contributed by atoms with E-state index in [1.165, 1.54) is 39.8 Å². The first-order valence-corrected chi connectivity index (χ1v) is 40.6. The highest BCUT2D eigenvalue weighted by molar-refractivity contribution is 8.76. The van der Waals surface area contributed by atoms with Gasteiger partial charge in [0, 0.05) is 57.9 Å². The van der Waals surface area contributed by atoms with Crippen molar-refractivity contribution in [3.63, 3.8) is 0 Å². The van der Waals surface area contributed by atoms with E-state index in [2.05, 4.69) is 65.1 Å². The van der Waals surface area contributed by atoms with Gasteiger partial charge >= 0.3 is 11.9 Å². The van der Waals surface area contributed by atoms with Crippen molar-refractivity contribution in [3.05, 3.63) is 84.1 Å². The molecule has 2 aromatic rings. The first-order valence-electron chi connectivity index (χ1n) is 38.1. The highest BCUT2D eigenvalue weighted by Crippen LogP contribution is 2.27. The molecule has 112 heavy (non-hydrogen) atoms. The maximum atomic E-state index is 15.5. The van der Waals surface area contributed by atoms with Gasteiger partial charge in [0.2, 0.25) is 70.9 Å². The average molecular weight is 1600 g/mol. The molecular formula is C77H113N13O20S2. The number of methoxy groups -OCH3 is 1. The minimum Gasteiger partial charge on any atom is -0.481 e. The number of carboxylic acid groups (broad SMARTS) is 1. The molecule has 13 amide bonds. The molecule has 33 nitrogen and oxygen atoms in total. The van der Waals surface area contributed by atoms with Crippen molar-refractivity contribution in [2.45, 2.75) is 237 Å². The van der Waals surface area contributed by atoms with Gasteiger partial charge in [-0.1, -0.05) is 157 Å². The minimum absolute atomic E-state index is 0.00216. The van der Waals surface area contributed by atoms with Gasteiger partial charge in [-0.3, -0.25) is 76.7 Å². The van der Waals surface area contributed by atoms with E-state index in [1.54, 1.807) is 88.4 Å². The summed E-state index contributed by atoms with van der Waals surface area (Å²) in [4.78, 5) is 235. The summed E-state index contributed by atoms with van der Waals surface area (Å²) in [5.41, 5.74) is 0.428. The molecule has 5 rings (SSSR count). The van der Waals surface area contributed by atoms with E-state index < -0.39 is 228 Å². The van der Waals surface area contributed by atoms with Gasteiger partial charge < -0.3 is 88.0 Å². The number of rotatable bonds is 20. The van der Waals surface area contributed by atoms with Gasteiger partial charge in [-0.2, -0.15) is 0 Å². The molecule has 0 saturated carbocycles. The molecule has 618 valence electrons. The standard InChI is InChI=1S/C77H113N13O20S2/c1-14-41(5)33-52-68(99)81-51(17-4)75(106)89(12)64(47(11)109-13)59(92)37-50(38-91)77(108)110-46(10)63-74(105)85-55(36-49-27-22-19-23-28-49)76(107)90-32-24-29-58(90)72(103)86-57(71(102)87-62(43(7)16-3)73(104)79-45(9)66(97)82-52)40-112-111-39-56(80-60(93)30-31-61(94)95)70(101)84-54(35-48-25-20-18-21-26-48)67(98)78-44(8)65(96)83-53(69(100)88-63)34-42(6)15-2/h18-23,25-28,41-44,46-47,50-58,62-64,91H,9,14-17,24,29-40H2,1-8,10-13H3,(H,78,98)(H,79,104)(H,80,93)(H,81,99)(H,82,97)(H,83,96)(H,84,101)(H,85,105)(H,86,103)(H,87,102)(H,88,100)(H,94,95)/t41-,42+,43+,44-,46-,47-,50+,51-,52+,53+,54-,55-,56+,57+,58+,62+,63-,64+/m1/s1. The molecule has 3 aliphatic rings. The molecule has 2 aromatic carbocycles. The van der Waals surface area contributed by atoms with Crippen LogP contribution in [0.25, 0.3) is 0 Å². The topological polar surface area (TPSA) is 471 Å². The van der Waals surface area contributed by atoms with Crippen molar-refractivity contribution in [2.24, 2.45) is 23.7 Å². The molecule has 0 aliphatic carbocycles. The Morgan fingerprint density at radius 1 is 0.625 bits per heavy atom. The number of ketones is 1. The third kappa shape index (κ3) is 28.0. The van der Waals surface area contributed by atoms with Gasteiger partial charge in [0.25, 0.3) is 5.91 Å². The Balaban J connectivity index is 1.80. The summed E-state index contributed by atoms with van der Waals surface area (Å²) in [7, 11) is 4.31. The SMILES string of the molecule is C=C1NC(=O)[C@H]([C@@H](C)CC)NC(=O)[C@@H]2CSSC[C@H](NC(=O)CCC(=O)O)C(=O)N[C@H](Cc3ccccc3)C(=O)N[C@H](C)C(=O)N[C@@H](C[C@@H](C)CC)C(=O)N[C@@H](C(=O)N[C@H](Cc3ccccc3)C(=O)N3CCC[C@H]3C(=O)N2)[C@@H](C)OC(=O)[C@H](CO)CC(=O)[C@H]([C@@H](C)OC)N(C)C(=O)[C@@H](CC)NC(=O)[C@H](C[C@H](C)CC)NC1=O. The zero-order valence-electron chi connectivity index (χ0n) is 65.8. The molecule has 3 heterocycles. The monoisotopic (exact) mass is 1600 g/mol. The molecule has 13 N–H and O–H groups in total. The zero-order chi connectivity index (χ0) is 83.2. The maximum absolute atomic E-state index is 15.5. The first-order chi connectivity index (χ1) is 53.1. The fourth-order valence-electron chi connectivity index (χ4n) is 12.8. The molecule has 0 radical (unpaired) electrons. The van der Waals surface area contributed by atoms with E-state index in [0.29, 0.717) is 24.0 Å². The molecule has 3 fully saturated rings. The van der Waals surface area contributed by atoms with E-state index in [9.17, 15) is 63.0 Å². The summed E-state index contributed by atoms with van der Waals surface area (Å²) < 4.78 is 11.6. The number of cyclic esters (lactones) is 1. The molecule has 3 saturated heterocycles. The highest BCUT2D eigenvalue weighted by Gasteiger charge is 2.45. The predicted octanol–water partition coefficient (Wildman–Crippen LogP) is 0.924. The summed E-state index contributed by atoms with van der Waals surface area (Å²) in [6, 6.07) is -1.82. The number of aliphatic hydroxyl groups excluding tert-OH is 1. The van der Waals surface area contributed by atoms with Crippen molar-refractivity contribution >= 4 is 116 Å². The molecule has 0 aromatic heterocycles. The van der Waals surface area contributed by atoms with Gasteiger partial charge in [-0.15, -0.1) is 0 Å². The summed E-state index contributed by atoms with van der Waals surface area (Å²) in [5, 5.41) is 49.5. The number of aliphatic hydroxyl groups is 1. The number of fused-ring (bicyclic) bond motifs is 6. The number of likely N-dealkylation sites (N-methyl/N-ethyl adjacent to an activating group) is 1. The smallest absolute Gasteiger partial charge is 0.312 e. The van der Waals surface area contributed by atoms with Crippen molar-refractivity contribution in [3.8, 4) is 0 Å². The Morgan fingerprint density at radius 3 is 1.75 bits per heavy atom. The number of ether oxygens (including phenoxy) is 2. The molecule has 0 spiro atoms. The average Bonchev–Trinajstić information content (AvgIpc) is 1.43. The summed E-state index contributed by atoms with van der Waals surface area (Å²) in [5.74, 6) is -19.6. The number of carboxylic acids is 1. The summed E-state index contributed by atoms with van der Waals surface area (Å²) in [6.45, 7) is 18.7. The van der Waals surface area contributed by atoms with E-state index >= 15 is 24.0 Å². The summed E-state index contributed by atoms with van der Waals surface area (Å²) >= 11 is 0. The largest absolute Gasteiger partial charge is 0.481 e. The second-order valence-electron chi connectivity index (χ2n) is 29.0. The third-order valence-corrected chi connectivity index (χ3v) is 22.8. The van der Waals surface area contributed by atoms with Gasteiger partial charge in [0.05, 0.1) is 30.7 Å². The molecule has 35 heteroatoms. The lowest BCUT2D eigenvalue weighted by molar-refractivity contribution is -0.160. The second-order valence-corrected chi connectivity index (χ2v) is 31.5. The lowest BCUT2D eigenvalue weighted by Gasteiger charge is -2.34. The number of benzene rings is 2. The van der Waals surface area contributed by atoms with Crippen LogP contribution in [0.3, 0.4) is 0 Å². The fourth-order valence-corrected chi connectivity index (χ4v) is 15.1. The van der Waals surface area contributed by atoms with Crippen LogP contribution in [0, 0.1) is 23.7 Å².